The Morgan fingerprint density at radius 2 is 2.29 bits per heavy atom. The summed E-state index contributed by atoms with van der Waals surface area (Å²) in [6, 6.07) is 0. The molecule has 1 heterocycles. The van der Waals surface area contributed by atoms with Crippen LogP contribution in [0.4, 0.5) is 0 Å². The van der Waals surface area contributed by atoms with Crippen molar-refractivity contribution in [1.82, 2.24) is 4.31 Å². The maximum absolute atomic E-state index is 2.40. The van der Waals surface area contributed by atoms with E-state index in [-0.39, 0.29) is 0 Å². The van der Waals surface area contributed by atoms with Gasteiger partial charge in [-0.2, -0.15) is 0 Å². The molecular formula is C5H11NS. The zero-order valence-electron chi connectivity index (χ0n) is 4.68. The maximum atomic E-state index is 2.40. The van der Waals surface area contributed by atoms with E-state index in [0.29, 0.717) is 0 Å². The Morgan fingerprint density at radius 3 is 2.43 bits per heavy atom. The Bertz CT molecular complexity index is 52.0. The van der Waals surface area contributed by atoms with Crippen molar-refractivity contribution in [3.8, 4) is 0 Å². The molecule has 0 N–H and O–H groups in total. The zero-order chi connectivity index (χ0) is 5.11. The standard InChI is InChI=1S/C5H11NS/c1-2-7-6-4-3-5-6/h2-5H2,1H3. The quantitative estimate of drug-likeness (QED) is 0.502. The Morgan fingerprint density at radius 1 is 1.57 bits per heavy atom. The lowest BCUT2D eigenvalue weighted by Gasteiger charge is -2.28. The average Bonchev–Trinajstić information content (AvgIpc) is 1.55. The average molecular weight is 117 g/mol. The highest BCUT2D eigenvalue weighted by atomic mass is 32.2. The van der Waals surface area contributed by atoms with Crippen molar-refractivity contribution in [2.45, 2.75) is 13.3 Å². The normalized spacial score (nSPS) is 21.9. The molecule has 0 amide bonds. The second kappa shape index (κ2) is 2.58. The van der Waals surface area contributed by atoms with Gasteiger partial charge in [-0.25, -0.2) is 0 Å². The lowest BCUT2D eigenvalue weighted by molar-refractivity contribution is 0.344. The fraction of sp³-hybridized carbons (Fsp3) is 1.00. The molecule has 1 aliphatic rings. The minimum atomic E-state index is 1.24. The summed E-state index contributed by atoms with van der Waals surface area (Å²) in [7, 11) is 0. The summed E-state index contributed by atoms with van der Waals surface area (Å²) in [5.41, 5.74) is 0. The van der Waals surface area contributed by atoms with Gasteiger partial charge in [-0.05, 0) is 6.42 Å². The van der Waals surface area contributed by atoms with Crippen LogP contribution in [0, 0.1) is 0 Å². The third-order valence-electron chi connectivity index (χ3n) is 1.13. The summed E-state index contributed by atoms with van der Waals surface area (Å²) >= 11 is 1.95. The van der Waals surface area contributed by atoms with E-state index >= 15 is 0 Å². The highest BCUT2D eigenvalue weighted by molar-refractivity contribution is 7.97. The molecule has 0 aromatic rings. The summed E-state index contributed by atoms with van der Waals surface area (Å²) in [6.07, 6.45) is 1.41. The van der Waals surface area contributed by atoms with Crippen molar-refractivity contribution in [2.24, 2.45) is 0 Å². The molecule has 0 bridgehead atoms. The van der Waals surface area contributed by atoms with Crippen molar-refractivity contribution in [3.05, 3.63) is 0 Å². The molecule has 1 fully saturated rings. The van der Waals surface area contributed by atoms with Crippen molar-refractivity contribution in [1.29, 1.82) is 0 Å². The molecule has 0 unspecified atom stereocenters. The summed E-state index contributed by atoms with van der Waals surface area (Å²) in [6.45, 7) is 4.83. The maximum Gasteiger partial charge on any atom is 0.0102 e. The third kappa shape index (κ3) is 1.35. The van der Waals surface area contributed by atoms with Gasteiger partial charge in [0.25, 0.3) is 0 Å². The van der Waals surface area contributed by atoms with E-state index in [1.54, 1.807) is 0 Å². The predicted octanol–water partition coefficient (Wildman–Crippen LogP) is 1.36. The third-order valence-corrected chi connectivity index (χ3v) is 2.12. The Kier molecular flexibility index (Phi) is 2.00. The highest BCUT2D eigenvalue weighted by Crippen LogP contribution is 2.16. The first-order valence-corrected chi connectivity index (χ1v) is 3.75. The van der Waals surface area contributed by atoms with Crippen LogP contribution in [0.25, 0.3) is 0 Å². The SMILES string of the molecule is CCSN1CCC1. The molecule has 0 radical (unpaired) electrons. The fourth-order valence-corrected chi connectivity index (χ4v) is 1.48. The van der Waals surface area contributed by atoms with Crippen LogP contribution in [0.2, 0.25) is 0 Å². The molecule has 0 saturated carbocycles. The first kappa shape index (κ1) is 5.45. The summed E-state index contributed by atoms with van der Waals surface area (Å²) in [4.78, 5) is 0. The molecule has 0 spiro atoms. The van der Waals surface area contributed by atoms with Crippen LogP contribution in [0.5, 0.6) is 0 Å². The van der Waals surface area contributed by atoms with Gasteiger partial charge in [0.15, 0.2) is 0 Å². The molecular weight excluding hydrogens is 106 g/mol. The first-order valence-electron chi connectivity index (χ1n) is 2.81. The lowest BCUT2D eigenvalue weighted by atomic mass is 10.3. The largest absolute Gasteiger partial charge is 0.251 e. The second-order valence-corrected chi connectivity index (χ2v) is 3.05. The van der Waals surface area contributed by atoms with Gasteiger partial charge < -0.3 is 0 Å². The Balaban J connectivity index is 1.93. The van der Waals surface area contributed by atoms with Crippen LogP contribution in [-0.4, -0.2) is 23.1 Å². The van der Waals surface area contributed by atoms with E-state index in [1.165, 1.54) is 25.3 Å². The molecule has 42 valence electrons. The Labute approximate surface area is 49.2 Å². The second-order valence-electron chi connectivity index (χ2n) is 1.70. The van der Waals surface area contributed by atoms with Crippen LogP contribution < -0.4 is 0 Å². The van der Waals surface area contributed by atoms with Crippen LogP contribution in [0.3, 0.4) is 0 Å². The number of hydrogen-bond acceptors (Lipinski definition) is 2. The van der Waals surface area contributed by atoms with Gasteiger partial charge in [-0.1, -0.05) is 18.9 Å². The van der Waals surface area contributed by atoms with E-state index in [1.807, 2.05) is 11.9 Å². The topological polar surface area (TPSA) is 3.24 Å². The van der Waals surface area contributed by atoms with E-state index in [4.69, 9.17) is 0 Å². The van der Waals surface area contributed by atoms with Crippen LogP contribution in [-0.2, 0) is 0 Å². The molecule has 2 heteroatoms. The predicted molar refractivity (Wildman–Crippen MR) is 34.3 cm³/mol. The van der Waals surface area contributed by atoms with Crippen molar-refractivity contribution >= 4 is 11.9 Å². The smallest absolute Gasteiger partial charge is 0.0102 e. The molecule has 0 aromatic carbocycles. The van der Waals surface area contributed by atoms with E-state index in [9.17, 15) is 0 Å². The van der Waals surface area contributed by atoms with Gasteiger partial charge in [0, 0.05) is 18.8 Å². The van der Waals surface area contributed by atoms with Crippen molar-refractivity contribution < 1.29 is 0 Å². The van der Waals surface area contributed by atoms with Gasteiger partial charge in [0.1, 0.15) is 0 Å². The molecule has 0 aliphatic carbocycles. The van der Waals surface area contributed by atoms with Gasteiger partial charge in [0.2, 0.25) is 0 Å². The minimum Gasteiger partial charge on any atom is -0.251 e. The van der Waals surface area contributed by atoms with Crippen LogP contribution >= 0.6 is 11.9 Å². The molecule has 0 atom stereocenters. The van der Waals surface area contributed by atoms with Gasteiger partial charge >= 0.3 is 0 Å². The number of rotatable bonds is 2. The molecule has 1 nitrogen and oxygen atoms in total. The molecule has 1 rings (SSSR count). The molecule has 1 aliphatic heterocycles. The van der Waals surface area contributed by atoms with E-state index < -0.39 is 0 Å². The summed E-state index contributed by atoms with van der Waals surface area (Å²) in [5.74, 6) is 1.24. The molecule has 1 saturated heterocycles. The monoisotopic (exact) mass is 117 g/mol. The first-order chi connectivity index (χ1) is 3.43. The number of nitrogens with zero attached hydrogens (tertiary/aromatic N) is 1. The van der Waals surface area contributed by atoms with Crippen LogP contribution in [0.15, 0.2) is 0 Å². The summed E-state index contributed by atoms with van der Waals surface area (Å²) in [5, 5.41) is 0. The van der Waals surface area contributed by atoms with Crippen LogP contribution in [0.1, 0.15) is 13.3 Å². The highest BCUT2D eigenvalue weighted by Gasteiger charge is 2.11. The molecule has 0 aromatic heterocycles. The van der Waals surface area contributed by atoms with E-state index in [0.717, 1.165) is 0 Å². The lowest BCUT2D eigenvalue weighted by Crippen LogP contribution is -2.30. The van der Waals surface area contributed by atoms with Crippen molar-refractivity contribution in [2.75, 3.05) is 18.8 Å². The number of hydrogen-bond donors (Lipinski definition) is 0. The van der Waals surface area contributed by atoms with Gasteiger partial charge in [0.05, 0.1) is 0 Å². The zero-order valence-corrected chi connectivity index (χ0v) is 5.50. The fourth-order valence-electron chi connectivity index (χ4n) is 0.599. The van der Waals surface area contributed by atoms with E-state index in [2.05, 4.69) is 11.2 Å². The summed E-state index contributed by atoms with van der Waals surface area (Å²) < 4.78 is 2.40. The molecule has 7 heavy (non-hydrogen) atoms. The van der Waals surface area contributed by atoms with Gasteiger partial charge in [-0.15, -0.1) is 0 Å². The van der Waals surface area contributed by atoms with Gasteiger partial charge in [-0.3, -0.25) is 4.31 Å². The minimum absolute atomic E-state index is 1.24. The van der Waals surface area contributed by atoms with Crippen molar-refractivity contribution in [3.63, 3.8) is 0 Å². The Hall–Kier alpha value is 0.310.